The zero-order valence-corrected chi connectivity index (χ0v) is 12.7. The highest BCUT2D eigenvalue weighted by atomic mass is 32.1. The lowest BCUT2D eigenvalue weighted by Crippen LogP contribution is -2.48. The molecule has 0 spiro atoms. The minimum Gasteiger partial charge on any atom is -0.389 e. The molecule has 0 atom stereocenters. The molecule has 2 N–H and O–H groups in total. The van der Waals surface area contributed by atoms with Crippen LogP contribution in [0, 0.1) is 0 Å². The Kier molecular flexibility index (Phi) is 5.09. The molecule has 0 bridgehead atoms. The molecule has 0 aromatic heterocycles. The largest absolute Gasteiger partial charge is 0.389 e. The van der Waals surface area contributed by atoms with E-state index in [1.165, 1.54) is 0 Å². The highest BCUT2D eigenvalue weighted by molar-refractivity contribution is 7.80. The van der Waals surface area contributed by atoms with Gasteiger partial charge in [0.05, 0.1) is 6.42 Å². The molecular formula is C15H21N3OS. The number of benzene rings is 1. The first kappa shape index (κ1) is 14.9. The molecule has 1 saturated heterocycles. The molecular weight excluding hydrogens is 270 g/mol. The van der Waals surface area contributed by atoms with E-state index >= 15 is 0 Å². The summed E-state index contributed by atoms with van der Waals surface area (Å²) in [7, 11) is 0. The number of rotatable bonds is 4. The van der Waals surface area contributed by atoms with Crippen LogP contribution in [0.2, 0.25) is 0 Å². The van der Waals surface area contributed by atoms with Crippen LogP contribution in [0.5, 0.6) is 0 Å². The topological polar surface area (TPSA) is 49.6 Å². The average molecular weight is 291 g/mol. The first-order valence-corrected chi connectivity index (χ1v) is 7.40. The first-order valence-electron chi connectivity index (χ1n) is 6.99. The molecule has 0 saturated carbocycles. The SMILES string of the molecule is CCN1CCN(C(=O)Cc2ccc(C(N)=S)cc2)CC1. The summed E-state index contributed by atoms with van der Waals surface area (Å²) in [6.45, 7) is 6.82. The van der Waals surface area contributed by atoms with E-state index in [9.17, 15) is 4.79 Å². The van der Waals surface area contributed by atoms with Gasteiger partial charge >= 0.3 is 0 Å². The minimum absolute atomic E-state index is 0.198. The maximum absolute atomic E-state index is 12.2. The Bertz CT molecular complexity index is 478. The van der Waals surface area contributed by atoms with Crippen molar-refractivity contribution < 1.29 is 4.79 Å². The Morgan fingerprint density at radius 3 is 2.30 bits per heavy atom. The van der Waals surface area contributed by atoms with Gasteiger partial charge in [0.15, 0.2) is 0 Å². The van der Waals surface area contributed by atoms with E-state index in [4.69, 9.17) is 18.0 Å². The monoisotopic (exact) mass is 291 g/mol. The summed E-state index contributed by atoms with van der Waals surface area (Å²) in [5.74, 6) is 0.198. The number of amides is 1. The Hall–Kier alpha value is -1.46. The molecule has 1 aromatic rings. The van der Waals surface area contributed by atoms with E-state index in [0.29, 0.717) is 11.4 Å². The van der Waals surface area contributed by atoms with Crippen molar-refractivity contribution in [3.63, 3.8) is 0 Å². The van der Waals surface area contributed by atoms with Gasteiger partial charge in [-0.05, 0) is 12.1 Å². The first-order chi connectivity index (χ1) is 9.60. The molecule has 1 aromatic carbocycles. The van der Waals surface area contributed by atoms with Crippen LogP contribution >= 0.6 is 12.2 Å². The van der Waals surface area contributed by atoms with Crippen LogP contribution in [-0.4, -0.2) is 53.4 Å². The predicted molar refractivity (Wildman–Crippen MR) is 84.7 cm³/mol. The van der Waals surface area contributed by atoms with Gasteiger partial charge in [0.1, 0.15) is 4.99 Å². The maximum atomic E-state index is 12.2. The summed E-state index contributed by atoms with van der Waals surface area (Å²) in [6, 6.07) is 7.60. The van der Waals surface area contributed by atoms with Crippen LogP contribution in [0.4, 0.5) is 0 Å². The molecule has 0 radical (unpaired) electrons. The van der Waals surface area contributed by atoms with Crippen LogP contribution in [0.3, 0.4) is 0 Å². The van der Waals surface area contributed by atoms with Gasteiger partial charge in [0.2, 0.25) is 5.91 Å². The molecule has 20 heavy (non-hydrogen) atoms. The summed E-state index contributed by atoms with van der Waals surface area (Å²) in [5.41, 5.74) is 7.41. The summed E-state index contributed by atoms with van der Waals surface area (Å²) in [5, 5.41) is 0. The van der Waals surface area contributed by atoms with Crippen molar-refractivity contribution in [1.82, 2.24) is 9.80 Å². The fourth-order valence-corrected chi connectivity index (χ4v) is 2.52. The van der Waals surface area contributed by atoms with E-state index in [1.54, 1.807) is 0 Å². The summed E-state index contributed by atoms with van der Waals surface area (Å²) < 4.78 is 0. The normalized spacial score (nSPS) is 16.1. The Morgan fingerprint density at radius 1 is 1.20 bits per heavy atom. The lowest BCUT2D eigenvalue weighted by Gasteiger charge is -2.34. The van der Waals surface area contributed by atoms with Crippen LogP contribution in [-0.2, 0) is 11.2 Å². The second-order valence-corrected chi connectivity index (χ2v) is 5.49. The third-order valence-electron chi connectivity index (χ3n) is 3.77. The molecule has 5 heteroatoms. The number of hydrogen-bond donors (Lipinski definition) is 1. The molecule has 0 unspecified atom stereocenters. The van der Waals surface area contributed by atoms with E-state index in [1.807, 2.05) is 29.2 Å². The number of piperazine rings is 1. The van der Waals surface area contributed by atoms with Gasteiger partial charge in [0.25, 0.3) is 0 Å². The van der Waals surface area contributed by atoms with E-state index < -0.39 is 0 Å². The highest BCUT2D eigenvalue weighted by Crippen LogP contribution is 2.09. The van der Waals surface area contributed by atoms with Crippen molar-refractivity contribution in [3.05, 3.63) is 35.4 Å². The van der Waals surface area contributed by atoms with Gasteiger partial charge in [-0.25, -0.2) is 0 Å². The second-order valence-electron chi connectivity index (χ2n) is 5.05. The number of carbonyl (C=O) groups excluding carboxylic acids is 1. The van der Waals surface area contributed by atoms with E-state index in [-0.39, 0.29) is 5.91 Å². The van der Waals surface area contributed by atoms with Crippen LogP contribution in [0.25, 0.3) is 0 Å². The zero-order valence-electron chi connectivity index (χ0n) is 11.8. The van der Waals surface area contributed by atoms with Crippen LogP contribution < -0.4 is 5.73 Å². The van der Waals surface area contributed by atoms with Crippen molar-refractivity contribution in [2.45, 2.75) is 13.3 Å². The summed E-state index contributed by atoms with van der Waals surface area (Å²) in [6.07, 6.45) is 0.448. The zero-order chi connectivity index (χ0) is 14.5. The molecule has 4 nitrogen and oxygen atoms in total. The van der Waals surface area contributed by atoms with Gasteiger partial charge in [-0.3, -0.25) is 4.79 Å². The summed E-state index contributed by atoms with van der Waals surface area (Å²) in [4.78, 5) is 16.9. The van der Waals surface area contributed by atoms with Crippen molar-refractivity contribution in [2.75, 3.05) is 32.7 Å². The van der Waals surface area contributed by atoms with Gasteiger partial charge in [-0.2, -0.15) is 0 Å². The lowest BCUT2D eigenvalue weighted by molar-refractivity contribution is -0.132. The van der Waals surface area contributed by atoms with E-state index in [2.05, 4.69) is 11.8 Å². The number of thiocarbonyl (C=S) groups is 1. The van der Waals surface area contributed by atoms with Gasteiger partial charge in [-0.15, -0.1) is 0 Å². The minimum atomic E-state index is 0.198. The Balaban J connectivity index is 1.90. The third-order valence-corrected chi connectivity index (χ3v) is 4.00. The molecule has 2 rings (SSSR count). The quantitative estimate of drug-likeness (QED) is 0.842. The Labute approximate surface area is 125 Å². The van der Waals surface area contributed by atoms with Crippen molar-refractivity contribution >= 4 is 23.1 Å². The highest BCUT2D eigenvalue weighted by Gasteiger charge is 2.19. The summed E-state index contributed by atoms with van der Waals surface area (Å²) >= 11 is 4.92. The van der Waals surface area contributed by atoms with Crippen LogP contribution in [0.15, 0.2) is 24.3 Å². The number of nitrogens with zero attached hydrogens (tertiary/aromatic N) is 2. The number of nitrogens with two attached hydrogens (primary N) is 1. The molecule has 1 aliphatic heterocycles. The molecule has 1 aliphatic rings. The average Bonchev–Trinajstić information content (AvgIpc) is 2.48. The van der Waals surface area contributed by atoms with E-state index in [0.717, 1.165) is 43.9 Å². The molecule has 0 aliphatic carbocycles. The number of likely N-dealkylation sites (N-methyl/N-ethyl adjacent to an activating group) is 1. The fourth-order valence-electron chi connectivity index (χ4n) is 2.39. The van der Waals surface area contributed by atoms with Crippen molar-refractivity contribution in [2.24, 2.45) is 5.73 Å². The standard InChI is InChI=1S/C15H21N3OS/c1-2-17-7-9-18(10-8-17)14(19)11-12-3-5-13(6-4-12)15(16)20/h3-6H,2,7-11H2,1H3,(H2,16,20). The van der Waals surface area contributed by atoms with Crippen molar-refractivity contribution in [1.29, 1.82) is 0 Å². The Morgan fingerprint density at radius 2 is 1.80 bits per heavy atom. The lowest BCUT2D eigenvalue weighted by atomic mass is 10.1. The smallest absolute Gasteiger partial charge is 0.227 e. The van der Waals surface area contributed by atoms with Crippen molar-refractivity contribution in [3.8, 4) is 0 Å². The number of hydrogen-bond acceptors (Lipinski definition) is 3. The molecule has 1 amide bonds. The van der Waals surface area contributed by atoms with Gasteiger partial charge < -0.3 is 15.5 Å². The maximum Gasteiger partial charge on any atom is 0.227 e. The fraction of sp³-hybridized carbons (Fsp3) is 0.467. The molecule has 1 fully saturated rings. The van der Waals surface area contributed by atoms with Gasteiger partial charge in [0, 0.05) is 31.7 Å². The predicted octanol–water partition coefficient (Wildman–Crippen LogP) is 1.03. The molecule has 108 valence electrons. The number of carbonyl (C=O) groups is 1. The van der Waals surface area contributed by atoms with Gasteiger partial charge in [-0.1, -0.05) is 43.4 Å². The van der Waals surface area contributed by atoms with Crippen LogP contribution in [0.1, 0.15) is 18.1 Å². The third kappa shape index (κ3) is 3.77. The second kappa shape index (κ2) is 6.81. The molecule has 1 heterocycles.